The minimum absolute atomic E-state index is 0.521. The molecular weight excluding hydrogens is 158 g/mol. The van der Waals surface area contributed by atoms with Crippen molar-refractivity contribution < 1.29 is 0 Å². The molecule has 0 bridgehead atoms. The van der Waals surface area contributed by atoms with Crippen molar-refractivity contribution in [3.05, 3.63) is 0 Å². The highest BCUT2D eigenvalue weighted by atomic mass is 14.9. The van der Waals surface area contributed by atoms with Crippen molar-refractivity contribution in [2.75, 3.05) is 13.1 Å². The number of hydrogen-bond acceptors (Lipinski definition) is 1. The average Bonchev–Trinajstić information content (AvgIpc) is 2.06. The van der Waals surface area contributed by atoms with Gasteiger partial charge in [0.2, 0.25) is 0 Å². The van der Waals surface area contributed by atoms with Crippen molar-refractivity contribution in [1.29, 1.82) is 0 Å². The van der Waals surface area contributed by atoms with Gasteiger partial charge in [-0.15, -0.1) is 0 Å². The Labute approximate surface area is 84.3 Å². The molecule has 0 aromatic rings. The van der Waals surface area contributed by atoms with E-state index in [1.807, 2.05) is 13.8 Å². The number of piperidine rings is 1. The standard InChI is InChI=1S/C10H21N.C2H6/c1-8(2)9-5-10(3,4)7-11-6-9;1-2/h8-9,11H,5-7H2,1-4H3;1-2H3. The summed E-state index contributed by atoms with van der Waals surface area (Å²) in [5.41, 5.74) is 0.521. The van der Waals surface area contributed by atoms with Crippen molar-refractivity contribution >= 4 is 0 Å². The van der Waals surface area contributed by atoms with Gasteiger partial charge in [-0.2, -0.15) is 0 Å². The van der Waals surface area contributed by atoms with Gasteiger partial charge in [0.1, 0.15) is 0 Å². The Hall–Kier alpha value is -0.0400. The van der Waals surface area contributed by atoms with E-state index < -0.39 is 0 Å². The Morgan fingerprint density at radius 2 is 1.77 bits per heavy atom. The Morgan fingerprint density at radius 3 is 2.08 bits per heavy atom. The third-order valence-corrected chi connectivity index (χ3v) is 2.77. The van der Waals surface area contributed by atoms with Crippen molar-refractivity contribution in [2.45, 2.75) is 48.0 Å². The van der Waals surface area contributed by atoms with Crippen LogP contribution in [-0.4, -0.2) is 13.1 Å². The van der Waals surface area contributed by atoms with Crippen molar-refractivity contribution in [3.63, 3.8) is 0 Å². The molecule has 0 aromatic heterocycles. The summed E-state index contributed by atoms with van der Waals surface area (Å²) in [5, 5.41) is 3.51. The molecule has 1 aliphatic rings. The first-order chi connectivity index (χ1) is 6.01. The summed E-state index contributed by atoms with van der Waals surface area (Å²) >= 11 is 0. The Bertz CT molecular complexity index is 127. The van der Waals surface area contributed by atoms with Crippen LogP contribution in [0.15, 0.2) is 0 Å². The fourth-order valence-corrected chi connectivity index (χ4v) is 1.92. The molecule has 1 N–H and O–H groups in total. The van der Waals surface area contributed by atoms with E-state index in [-0.39, 0.29) is 0 Å². The molecule has 1 nitrogen and oxygen atoms in total. The van der Waals surface area contributed by atoms with Crippen LogP contribution in [0.4, 0.5) is 0 Å². The second kappa shape index (κ2) is 5.64. The van der Waals surface area contributed by atoms with Gasteiger partial charge >= 0.3 is 0 Å². The quantitative estimate of drug-likeness (QED) is 0.661. The molecule has 1 heterocycles. The first-order valence-electron chi connectivity index (χ1n) is 5.72. The fraction of sp³-hybridized carbons (Fsp3) is 1.00. The van der Waals surface area contributed by atoms with Gasteiger partial charge in [0.15, 0.2) is 0 Å². The van der Waals surface area contributed by atoms with Gasteiger partial charge in [0.25, 0.3) is 0 Å². The van der Waals surface area contributed by atoms with E-state index in [1.54, 1.807) is 0 Å². The minimum Gasteiger partial charge on any atom is -0.316 e. The van der Waals surface area contributed by atoms with Crippen molar-refractivity contribution in [3.8, 4) is 0 Å². The second-order valence-corrected chi connectivity index (χ2v) is 5.00. The summed E-state index contributed by atoms with van der Waals surface area (Å²) in [5.74, 6) is 1.72. The first kappa shape index (κ1) is 13.0. The molecule has 0 radical (unpaired) electrons. The smallest absolute Gasteiger partial charge is 0.000275 e. The van der Waals surface area contributed by atoms with Crippen LogP contribution in [0.25, 0.3) is 0 Å². The van der Waals surface area contributed by atoms with Crippen molar-refractivity contribution in [1.82, 2.24) is 5.32 Å². The summed E-state index contributed by atoms with van der Waals surface area (Å²) in [7, 11) is 0. The molecule has 0 amide bonds. The van der Waals surface area contributed by atoms with Crippen LogP contribution in [-0.2, 0) is 0 Å². The molecular formula is C12H27N. The van der Waals surface area contributed by atoms with Gasteiger partial charge in [-0.05, 0) is 30.2 Å². The van der Waals surface area contributed by atoms with E-state index in [0.29, 0.717) is 5.41 Å². The maximum Gasteiger partial charge on any atom is 0.000275 e. The number of hydrogen-bond donors (Lipinski definition) is 1. The molecule has 1 atom stereocenters. The zero-order valence-corrected chi connectivity index (χ0v) is 10.3. The predicted octanol–water partition coefficient (Wildman–Crippen LogP) is 3.30. The number of nitrogens with one attached hydrogen (secondary N) is 1. The van der Waals surface area contributed by atoms with E-state index in [1.165, 1.54) is 19.5 Å². The molecule has 13 heavy (non-hydrogen) atoms. The highest BCUT2D eigenvalue weighted by Crippen LogP contribution is 2.31. The summed E-state index contributed by atoms with van der Waals surface area (Å²) < 4.78 is 0. The SMILES string of the molecule is CC.CC(C)C1CNCC(C)(C)C1. The highest BCUT2D eigenvalue weighted by Gasteiger charge is 2.28. The highest BCUT2D eigenvalue weighted by molar-refractivity contribution is 4.83. The molecule has 80 valence electrons. The van der Waals surface area contributed by atoms with E-state index >= 15 is 0 Å². The molecule has 1 unspecified atom stereocenters. The molecule has 0 aromatic carbocycles. The third kappa shape index (κ3) is 4.66. The Morgan fingerprint density at radius 1 is 1.23 bits per heavy atom. The Balaban J connectivity index is 0.000000671. The van der Waals surface area contributed by atoms with Crippen LogP contribution in [0.5, 0.6) is 0 Å². The maximum atomic E-state index is 3.51. The van der Waals surface area contributed by atoms with Crippen LogP contribution < -0.4 is 5.32 Å². The Kier molecular flexibility index (Phi) is 5.62. The lowest BCUT2D eigenvalue weighted by atomic mass is 9.75. The molecule has 1 heteroatoms. The van der Waals surface area contributed by atoms with E-state index in [0.717, 1.165) is 11.8 Å². The van der Waals surface area contributed by atoms with Gasteiger partial charge in [-0.25, -0.2) is 0 Å². The lowest BCUT2D eigenvalue weighted by Crippen LogP contribution is -2.42. The molecule has 1 fully saturated rings. The van der Waals surface area contributed by atoms with Crippen molar-refractivity contribution in [2.24, 2.45) is 17.3 Å². The third-order valence-electron chi connectivity index (χ3n) is 2.77. The van der Waals surface area contributed by atoms with E-state index in [2.05, 4.69) is 33.0 Å². The monoisotopic (exact) mass is 185 g/mol. The van der Waals surface area contributed by atoms with Crippen LogP contribution in [0, 0.1) is 17.3 Å². The summed E-state index contributed by atoms with van der Waals surface area (Å²) in [6, 6.07) is 0. The van der Waals surface area contributed by atoms with Crippen LogP contribution in [0.3, 0.4) is 0 Å². The normalized spacial score (nSPS) is 26.5. The van der Waals surface area contributed by atoms with Gasteiger partial charge in [0, 0.05) is 6.54 Å². The van der Waals surface area contributed by atoms with Gasteiger partial charge in [-0.1, -0.05) is 41.5 Å². The summed E-state index contributed by atoms with van der Waals surface area (Å²) in [6.07, 6.45) is 1.39. The average molecular weight is 185 g/mol. The predicted molar refractivity (Wildman–Crippen MR) is 60.9 cm³/mol. The fourth-order valence-electron chi connectivity index (χ4n) is 1.92. The van der Waals surface area contributed by atoms with Crippen LogP contribution >= 0.6 is 0 Å². The summed E-state index contributed by atoms with van der Waals surface area (Å²) in [4.78, 5) is 0. The molecule has 0 saturated carbocycles. The maximum absolute atomic E-state index is 3.51. The topological polar surface area (TPSA) is 12.0 Å². The zero-order valence-electron chi connectivity index (χ0n) is 10.3. The molecule has 0 spiro atoms. The van der Waals surface area contributed by atoms with Gasteiger partial charge < -0.3 is 5.32 Å². The zero-order chi connectivity index (χ0) is 10.5. The minimum atomic E-state index is 0.521. The van der Waals surface area contributed by atoms with Crippen LogP contribution in [0.2, 0.25) is 0 Å². The van der Waals surface area contributed by atoms with E-state index in [9.17, 15) is 0 Å². The van der Waals surface area contributed by atoms with Gasteiger partial charge in [-0.3, -0.25) is 0 Å². The number of rotatable bonds is 1. The lowest BCUT2D eigenvalue weighted by Gasteiger charge is -2.37. The second-order valence-electron chi connectivity index (χ2n) is 5.00. The lowest BCUT2D eigenvalue weighted by molar-refractivity contribution is 0.165. The van der Waals surface area contributed by atoms with Crippen LogP contribution in [0.1, 0.15) is 48.0 Å². The summed E-state index contributed by atoms with van der Waals surface area (Å²) in [6.45, 7) is 15.8. The molecule has 1 aliphatic heterocycles. The largest absolute Gasteiger partial charge is 0.316 e. The molecule has 1 rings (SSSR count). The van der Waals surface area contributed by atoms with E-state index in [4.69, 9.17) is 0 Å². The van der Waals surface area contributed by atoms with Gasteiger partial charge in [0.05, 0.1) is 0 Å². The molecule has 1 saturated heterocycles. The first-order valence-corrected chi connectivity index (χ1v) is 5.72. The molecule has 0 aliphatic carbocycles.